The number of thioether (sulfide) groups is 1. The molecule has 0 bridgehead atoms. The van der Waals surface area contributed by atoms with Crippen molar-refractivity contribution >= 4 is 28.6 Å². The van der Waals surface area contributed by atoms with E-state index in [1.54, 1.807) is 18.9 Å². The van der Waals surface area contributed by atoms with Crippen LogP contribution in [0.25, 0.3) is 10.9 Å². The Morgan fingerprint density at radius 1 is 1.46 bits per heavy atom. The molecule has 0 saturated carbocycles. The SMILES string of the molecule is COc1ccc2ncc(SCCN3CC[CH]CC3C(N)=O)cc2c1. The minimum absolute atomic E-state index is 0.154. The number of methoxy groups -OCH3 is 1. The standard InChI is InChI=1S/C18H22N3O2S/c1-23-14-5-6-16-13(10-14)11-15(12-20-16)24-9-8-21-7-3-2-4-17(21)18(19)22/h2,5-6,10-12,17H,3-4,7-9H2,1H3,(H2,19,22). The summed E-state index contributed by atoms with van der Waals surface area (Å²) in [5.41, 5.74) is 6.46. The number of benzene rings is 1. The molecule has 6 heteroatoms. The predicted octanol–water partition coefficient (Wildman–Crippen LogP) is 2.49. The zero-order valence-corrected chi connectivity index (χ0v) is 14.6. The molecule has 1 aromatic carbocycles. The normalized spacial score (nSPS) is 18.6. The molecule has 1 atom stereocenters. The van der Waals surface area contributed by atoms with Crippen molar-refractivity contribution in [2.75, 3.05) is 26.0 Å². The van der Waals surface area contributed by atoms with Crippen LogP contribution in [0, 0.1) is 6.42 Å². The fourth-order valence-corrected chi connectivity index (χ4v) is 3.88. The van der Waals surface area contributed by atoms with Crippen molar-refractivity contribution in [1.29, 1.82) is 0 Å². The van der Waals surface area contributed by atoms with Gasteiger partial charge in [-0.05, 0) is 50.1 Å². The fraction of sp³-hybridized carbons (Fsp3) is 0.389. The number of likely N-dealkylation sites (tertiary alicyclic amines) is 1. The summed E-state index contributed by atoms with van der Waals surface area (Å²) in [7, 11) is 1.67. The van der Waals surface area contributed by atoms with Crippen molar-refractivity contribution in [2.45, 2.75) is 23.8 Å². The van der Waals surface area contributed by atoms with Gasteiger partial charge in [0.1, 0.15) is 5.75 Å². The highest BCUT2D eigenvalue weighted by atomic mass is 32.2. The highest BCUT2D eigenvalue weighted by Crippen LogP contribution is 2.25. The van der Waals surface area contributed by atoms with E-state index >= 15 is 0 Å². The second-order valence-electron chi connectivity index (χ2n) is 5.85. The molecular weight excluding hydrogens is 322 g/mol. The van der Waals surface area contributed by atoms with Crippen LogP contribution >= 0.6 is 11.8 Å². The number of amides is 1. The Balaban J connectivity index is 1.61. The Labute approximate surface area is 146 Å². The number of nitrogens with two attached hydrogens (primary N) is 1. The van der Waals surface area contributed by atoms with Crippen molar-refractivity contribution in [1.82, 2.24) is 9.88 Å². The lowest BCUT2D eigenvalue weighted by Gasteiger charge is -2.33. The Hall–Kier alpha value is -1.79. The Morgan fingerprint density at radius 2 is 2.33 bits per heavy atom. The molecule has 24 heavy (non-hydrogen) atoms. The van der Waals surface area contributed by atoms with Crippen LogP contribution in [0.4, 0.5) is 0 Å². The van der Waals surface area contributed by atoms with Crippen molar-refractivity contribution in [2.24, 2.45) is 5.73 Å². The van der Waals surface area contributed by atoms with Crippen molar-refractivity contribution in [3.63, 3.8) is 0 Å². The summed E-state index contributed by atoms with van der Waals surface area (Å²) in [5.74, 6) is 1.51. The molecule has 1 radical (unpaired) electrons. The molecule has 2 heterocycles. The molecule has 3 rings (SSSR count). The maximum atomic E-state index is 11.5. The van der Waals surface area contributed by atoms with Gasteiger partial charge in [0.15, 0.2) is 0 Å². The lowest BCUT2D eigenvalue weighted by Crippen LogP contribution is -2.48. The molecule has 1 aliphatic rings. The molecule has 1 saturated heterocycles. The van der Waals surface area contributed by atoms with Crippen LogP contribution in [-0.2, 0) is 4.79 Å². The number of primary amides is 1. The molecule has 2 N–H and O–H groups in total. The van der Waals surface area contributed by atoms with Crippen LogP contribution in [0.2, 0.25) is 0 Å². The average molecular weight is 344 g/mol. The topological polar surface area (TPSA) is 68.4 Å². The number of hydrogen-bond donors (Lipinski definition) is 1. The third-order valence-corrected chi connectivity index (χ3v) is 5.23. The van der Waals surface area contributed by atoms with Gasteiger partial charge in [-0.15, -0.1) is 11.8 Å². The molecule has 1 amide bonds. The molecule has 0 aliphatic carbocycles. The molecule has 0 spiro atoms. The van der Waals surface area contributed by atoms with E-state index in [1.165, 1.54) is 0 Å². The van der Waals surface area contributed by atoms with Gasteiger partial charge in [0.25, 0.3) is 0 Å². The minimum atomic E-state index is -0.226. The number of hydrogen-bond acceptors (Lipinski definition) is 5. The number of aromatic nitrogens is 1. The first-order valence-corrected chi connectivity index (χ1v) is 9.07. The largest absolute Gasteiger partial charge is 0.497 e. The van der Waals surface area contributed by atoms with E-state index in [2.05, 4.69) is 22.4 Å². The van der Waals surface area contributed by atoms with E-state index in [0.717, 1.165) is 53.2 Å². The summed E-state index contributed by atoms with van der Waals surface area (Å²) in [5, 5.41) is 1.07. The zero-order valence-electron chi connectivity index (χ0n) is 13.8. The van der Waals surface area contributed by atoms with Crippen LogP contribution < -0.4 is 10.5 Å². The first-order valence-electron chi connectivity index (χ1n) is 8.09. The predicted molar refractivity (Wildman–Crippen MR) is 97.1 cm³/mol. The lowest BCUT2D eigenvalue weighted by molar-refractivity contribution is -0.123. The number of fused-ring (bicyclic) bond motifs is 1. The third kappa shape index (κ3) is 3.99. The van der Waals surface area contributed by atoms with E-state index in [9.17, 15) is 4.79 Å². The fourth-order valence-electron chi connectivity index (χ4n) is 2.98. The minimum Gasteiger partial charge on any atom is -0.497 e. The summed E-state index contributed by atoms with van der Waals surface area (Å²) in [4.78, 5) is 19.3. The van der Waals surface area contributed by atoms with Gasteiger partial charge in [0.05, 0.1) is 18.7 Å². The quantitative estimate of drug-likeness (QED) is 0.816. The summed E-state index contributed by atoms with van der Waals surface area (Å²) in [6.45, 7) is 1.75. The van der Waals surface area contributed by atoms with Crippen LogP contribution in [0.5, 0.6) is 5.75 Å². The number of carbonyl (C=O) groups excluding carboxylic acids is 1. The van der Waals surface area contributed by atoms with Crippen molar-refractivity contribution < 1.29 is 9.53 Å². The lowest BCUT2D eigenvalue weighted by atomic mass is 10.0. The van der Waals surface area contributed by atoms with E-state index in [4.69, 9.17) is 10.5 Å². The smallest absolute Gasteiger partial charge is 0.234 e. The van der Waals surface area contributed by atoms with Gasteiger partial charge in [-0.1, -0.05) is 0 Å². The molecular formula is C18H22N3O2S. The molecule has 1 aliphatic heterocycles. The first-order chi connectivity index (χ1) is 11.7. The summed E-state index contributed by atoms with van der Waals surface area (Å²) in [6.07, 6.45) is 5.83. The van der Waals surface area contributed by atoms with Crippen molar-refractivity contribution in [3.8, 4) is 5.75 Å². The van der Waals surface area contributed by atoms with E-state index in [-0.39, 0.29) is 11.9 Å². The number of piperidine rings is 1. The van der Waals surface area contributed by atoms with Gasteiger partial charge in [0, 0.05) is 28.8 Å². The van der Waals surface area contributed by atoms with Crippen LogP contribution in [0.1, 0.15) is 12.8 Å². The highest BCUT2D eigenvalue weighted by molar-refractivity contribution is 7.99. The third-order valence-electron chi connectivity index (χ3n) is 4.29. The Bertz CT molecular complexity index is 722. The monoisotopic (exact) mass is 344 g/mol. The van der Waals surface area contributed by atoms with Crippen LogP contribution in [-0.4, -0.2) is 47.8 Å². The molecule has 5 nitrogen and oxygen atoms in total. The summed E-state index contributed by atoms with van der Waals surface area (Å²) in [6, 6.07) is 7.85. The zero-order chi connectivity index (χ0) is 16.9. The van der Waals surface area contributed by atoms with E-state index in [1.807, 2.05) is 24.4 Å². The molecule has 1 fully saturated rings. The molecule has 1 aromatic heterocycles. The second kappa shape index (κ2) is 7.85. The highest BCUT2D eigenvalue weighted by Gasteiger charge is 2.26. The first kappa shape index (κ1) is 17.0. The van der Waals surface area contributed by atoms with Crippen LogP contribution in [0.15, 0.2) is 35.4 Å². The number of rotatable bonds is 6. The molecule has 127 valence electrons. The van der Waals surface area contributed by atoms with Crippen LogP contribution in [0.3, 0.4) is 0 Å². The average Bonchev–Trinajstić information content (AvgIpc) is 2.61. The molecule has 1 unspecified atom stereocenters. The summed E-state index contributed by atoms with van der Waals surface area (Å²) >= 11 is 1.75. The van der Waals surface area contributed by atoms with Gasteiger partial charge in [-0.25, -0.2) is 0 Å². The number of pyridine rings is 1. The van der Waals surface area contributed by atoms with Gasteiger partial charge < -0.3 is 10.5 Å². The Kier molecular flexibility index (Phi) is 5.58. The summed E-state index contributed by atoms with van der Waals surface area (Å²) < 4.78 is 5.27. The van der Waals surface area contributed by atoms with Crippen molar-refractivity contribution in [3.05, 3.63) is 36.9 Å². The van der Waals surface area contributed by atoms with Gasteiger partial charge in [-0.3, -0.25) is 14.7 Å². The second-order valence-corrected chi connectivity index (χ2v) is 7.01. The number of ether oxygens (including phenoxy) is 1. The van der Waals surface area contributed by atoms with Gasteiger partial charge in [-0.2, -0.15) is 0 Å². The molecule has 2 aromatic rings. The number of carbonyl (C=O) groups is 1. The van der Waals surface area contributed by atoms with E-state index in [0.29, 0.717) is 0 Å². The van der Waals surface area contributed by atoms with Gasteiger partial charge in [0.2, 0.25) is 5.91 Å². The number of nitrogens with zero attached hydrogens (tertiary/aromatic N) is 2. The maximum absolute atomic E-state index is 11.5. The van der Waals surface area contributed by atoms with Gasteiger partial charge >= 0.3 is 0 Å². The maximum Gasteiger partial charge on any atom is 0.234 e. The van der Waals surface area contributed by atoms with E-state index < -0.39 is 0 Å². The Morgan fingerprint density at radius 3 is 3.12 bits per heavy atom.